The summed E-state index contributed by atoms with van der Waals surface area (Å²) < 4.78 is 0. The molecule has 5 heteroatoms. The topological polar surface area (TPSA) is 66.4 Å². The van der Waals surface area contributed by atoms with E-state index in [9.17, 15) is 9.59 Å². The Hall–Kier alpha value is -1.62. The van der Waals surface area contributed by atoms with Gasteiger partial charge in [0, 0.05) is 17.4 Å². The molecule has 2 N–H and O–H groups in total. The zero-order valence-corrected chi connectivity index (χ0v) is 13.8. The molecule has 0 radical (unpaired) electrons. The van der Waals surface area contributed by atoms with Gasteiger partial charge in [0.2, 0.25) is 5.91 Å². The van der Waals surface area contributed by atoms with Crippen LogP contribution in [-0.2, 0) is 16.1 Å². The van der Waals surface area contributed by atoms with Gasteiger partial charge in [-0.25, -0.2) is 4.79 Å². The van der Waals surface area contributed by atoms with Crippen molar-refractivity contribution >= 4 is 29.3 Å². The van der Waals surface area contributed by atoms with Gasteiger partial charge in [-0.3, -0.25) is 4.79 Å². The SMILES string of the molecule is CC(CC(=O)NCc1sccc1/C=C/C(=O)O)C(C)(C)C. The number of carboxylic acids is 1. The summed E-state index contributed by atoms with van der Waals surface area (Å²) in [5.41, 5.74) is 0.946. The van der Waals surface area contributed by atoms with Crippen LogP contribution >= 0.6 is 11.3 Å². The molecule has 4 nitrogen and oxygen atoms in total. The van der Waals surface area contributed by atoms with Gasteiger partial charge in [-0.1, -0.05) is 27.7 Å². The number of carboxylic acid groups (broad SMARTS) is 1. The van der Waals surface area contributed by atoms with Crippen LogP contribution in [0, 0.1) is 11.3 Å². The van der Waals surface area contributed by atoms with Crippen molar-refractivity contribution in [3.63, 3.8) is 0 Å². The van der Waals surface area contributed by atoms with Gasteiger partial charge in [-0.2, -0.15) is 0 Å². The molecule has 0 aromatic carbocycles. The number of nitrogens with one attached hydrogen (secondary N) is 1. The third-order valence-corrected chi connectivity index (χ3v) is 4.54. The second-order valence-corrected chi connectivity index (χ2v) is 7.22. The Balaban J connectivity index is 2.54. The smallest absolute Gasteiger partial charge is 0.328 e. The lowest BCUT2D eigenvalue weighted by Crippen LogP contribution is -2.28. The van der Waals surface area contributed by atoms with E-state index in [1.165, 1.54) is 11.3 Å². The highest BCUT2D eigenvalue weighted by atomic mass is 32.1. The number of hydrogen-bond acceptors (Lipinski definition) is 3. The second-order valence-electron chi connectivity index (χ2n) is 6.22. The molecule has 1 aromatic rings. The minimum absolute atomic E-state index is 0.0268. The van der Waals surface area contributed by atoms with Crippen LogP contribution in [0.15, 0.2) is 17.5 Å². The monoisotopic (exact) mass is 309 g/mol. The molecule has 1 heterocycles. The fraction of sp³-hybridized carbons (Fsp3) is 0.500. The third-order valence-electron chi connectivity index (χ3n) is 3.60. The first-order chi connectivity index (χ1) is 9.70. The van der Waals surface area contributed by atoms with E-state index in [1.54, 1.807) is 6.08 Å². The molecule has 0 aliphatic heterocycles. The van der Waals surface area contributed by atoms with Crippen molar-refractivity contribution in [2.45, 2.75) is 40.7 Å². The first-order valence-corrected chi connectivity index (χ1v) is 7.82. The molecule has 0 saturated heterocycles. The van der Waals surface area contributed by atoms with Crippen LogP contribution in [0.3, 0.4) is 0 Å². The van der Waals surface area contributed by atoms with Gasteiger partial charge in [-0.05, 0) is 34.4 Å². The summed E-state index contributed by atoms with van der Waals surface area (Å²) in [5.74, 6) is -0.651. The number of carbonyl (C=O) groups is 2. The maximum atomic E-state index is 12.0. The van der Waals surface area contributed by atoms with Crippen LogP contribution < -0.4 is 5.32 Å². The molecule has 0 aliphatic rings. The zero-order valence-electron chi connectivity index (χ0n) is 13.0. The van der Waals surface area contributed by atoms with E-state index in [0.29, 0.717) is 18.9 Å². The third kappa shape index (κ3) is 6.12. The van der Waals surface area contributed by atoms with Crippen molar-refractivity contribution < 1.29 is 14.7 Å². The lowest BCUT2D eigenvalue weighted by Gasteiger charge is -2.26. The van der Waals surface area contributed by atoms with Crippen molar-refractivity contribution in [2.24, 2.45) is 11.3 Å². The van der Waals surface area contributed by atoms with Crippen molar-refractivity contribution in [2.75, 3.05) is 0 Å². The van der Waals surface area contributed by atoms with E-state index in [-0.39, 0.29) is 11.3 Å². The molecule has 1 rings (SSSR count). The normalized spacial score (nSPS) is 13.3. The number of aliphatic carboxylic acids is 1. The molecule has 21 heavy (non-hydrogen) atoms. The van der Waals surface area contributed by atoms with Crippen LogP contribution in [0.2, 0.25) is 0 Å². The molecular weight excluding hydrogens is 286 g/mol. The largest absolute Gasteiger partial charge is 0.478 e. The van der Waals surface area contributed by atoms with Gasteiger partial charge in [0.25, 0.3) is 0 Å². The Labute approximate surface area is 129 Å². The molecular formula is C16H23NO3S. The minimum atomic E-state index is -0.977. The summed E-state index contributed by atoms with van der Waals surface area (Å²) >= 11 is 1.51. The number of hydrogen-bond donors (Lipinski definition) is 2. The molecule has 0 fully saturated rings. The summed E-state index contributed by atoms with van der Waals surface area (Å²) in [6, 6.07) is 1.85. The van der Waals surface area contributed by atoms with Crippen LogP contribution in [0.25, 0.3) is 6.08 Å². The molecule has 1 aromatic heterocycles. The van der Waals surface area contributed by atoms with Crippen molar-refractivity contribution in [3.05, 3.63) is 28.0 Å². The average molecular weight is 309 g/mol. The number of thiophene rings is 1. The molecule has 1 atom stereocenters. The van der Waals surface area contributed by atoms with Crippen LogP contribution in [0.5, 0.6) is 0 Å². The van der Waals surface area contributed by atoms with Gasteiger partial charge in [0.05, 0.1) is 6.54 Å². The fourth-order valence-corrected chi connectivity index (χ4v) is 2.45. The maximum Gasteiger partial charge on any atom is 0.328 e. The van der Waals surface area contributed by atoms with Crippen LogP contribution in [0.1, 0.15) is 44.6 Å². The average Bonchev–Trinajstić information content (AvgIpc) is 2.80. The Kier molecular flexibility index (Phi) is 6.15. The lowest BCUT2D eigenvalue weighted by molar-refractivity contribution is -0.131. The number of carbonyl (C=O) groups excluding carboxylic acids is 1. The Morgan fingerprint density at radius 3 is 2.67 bits per heavy atom. The second kappa shape index (κ2) is 7.41. The van der Waals surface area contributed by atoms with Gasteiger partial charge in [0.15, 0.2) is 0 Å². The minimum Gasteiger partial charge on any atom is -0.478 e. The van der Waals surface area contributed by atoms with Crippen molar-refractivity contribution in [1.29, 1.82) is 0 Å². The summed E-state index contributed by atoms with van der Waals surface area (Å²) in [6.07, 6.45) is 3.16. The van der Waals surface area contributed by atoms with Crippen molar-refractivity contribution in [3.8, 4) is 0 Å². The first-order valence-electron chi connectivity index (χ1n) is 6.94. The predicted molar refractivity (Wildman–Crippen MR) is 86.1 cm³/mol. The van der Waals surface area contributed by atoms with Gasteiger partial charge >= 0.3 is 5.97 Å². The Morgan fingerprint density at radius 2 is 2.10 bits per heavy atom. The van der Waals surface area contributed by atoms with Gasteiger partial charge in [0.1, 0.15) is 0 Å². The van der Waals surface area contributed by atoms with Gasteiger partial charge < -0.3 is 10.4 Å². The quantitative estimate of drug-likeness (QED) is 0.790. The zero-order chi connectivity index (χ0) is 16.0. The fourth-order valence-electron chi connectivity index (χ4n) is 1.64. The Bertz CT molecular complexity index is 526. The molecule has 1 amide bonds. The summed E-state index contributed by atoms with van der Waals surface area (Å²) in [6.45, 7) is 8.88. The first kappa shape index (κ1) is 17.4. The highest BCUT2D eigenvalue weighted by molar-refractivity contribution is 7.10. The molecule has 116 valence electrons. The predicted octanol–water partition coefficient (Wildman–Crippen LogP) is 3.53. The lowest BCUT2D eigenvalue weighted by atomic mass is 9.80. The van der Waals surface area contributed by atoms with Crippen LogP contribution in [-0.4, -0.2) is 17.0 Å². The Morgan fingerprint density at radius 1 is 1.43 bits per heavy atom. The summed E-state index contributed by atoms with van der Waals surface area (Å²) in [7, 11) is 0. The standard InChI is InChI=1S/C16H23NO3S/c1-11(16(2,3)4)9-14(18)17-10-13-12(7-8-21-13)5-6-15(19)20/h5-8,11H,9-10H2,1-4H3,(H,17,18)(H,19,20)/b6-5+. The molecule has 1 unspecified atom stereocenters. The van der Waals surface area contributed by atoms with E-state index < -0.39 is 5.97 Å². The van der Waals surface area contributed by atoms with E-state index >= 15 is 0 Å². The van der Waals surface area contributed by atoms with E-state index in [1.807, 2.05) is 11.4 Å². The maximum absolute atomic E-state index is 12.0. The molecule has 0 aliphatic carbocycles. The van der Waals surface area contributed by atoms with E-state index in [2.05, 4.69) is 33.0 Å². The highest BCUT2D eigenvalue weighted by Gasteiger charge is 2.22. The summed E-state index contributed by atoms with van der Waals surface area (Å²) in [4.78, 5) is 23.5. The summed E-state index contributed by atoms with van der Waals surface area (Å²) in [5, 5.41) is 13.4. The van der Waals surface area contributed by atoms with Gasteiger partial charge in [-0.15, -0.1) is 11.3 Å². The molecule has 0 bridgehead atoms. The molecule has 0 spiro atoms. The highest BCUT2D eigenvalue weighted by Crippen LogP contribution is 2.28. The molecule has 0 saturated carbocycles. The van der Waals surface area contributed by atoms with Crippen molar-refractivity contribution in [1.82, 2.24) is 5.32 Å². The number of rotatable bonds is 6. The van der Waals surface area contributed by atoms with E-state index in [0.717, 1.165) is 16.5 Å². The number of amides is 1. The van der Waals surface area contributed by atoms with E-state index in [4.69, 9.17) is 5.11 Å². The van der Waals surface area contributed by atoms with Crippen LogP contribution in [0.4, 0.5) is 0 Å².